The molecule has 5 rings (SSSR count). The minimum Gasteiger partial charge on any atom is -0.340 e. The summed E-state index contributed by atoms with van der Waals surface area (Å²) in [5, 5.41) is 0. The lowest BCUT2D eigenvalue weighted by Gasteiger charge is -2.33. The Morgan fingerprint density at radius 3 is 2.50 bits per heavy atom. The summed E-state index contributed by atoms with van der Waals surface area (Å²) < 4.78 is 0. The Morgan fingerprint density at radius 1 is 0.900 bits per heavy atom. The van der Waals surface area contributed by atoms with E-state index in [9.17, 15) is 0 Å². The highest BCUT2D eigenvalue weighted by molar-refractivity contribution is 7.99. The van der Waals surface area contributed by atoms with Crippen LogP contribution in [0.1, 0.15) is 30.0 Å². The van der Waals surface area contributed by atoms with Crippen molar-refractivity contribution in [2.75, 3.05) is 32.1 Å². The normalized spacial score (nSPS) is 14.7. The third kappa shape index (κ3) is 3.46. The van der Waals surface area contributed by atoms with Crippen molar-refractivity contribution >= 4 is 34.3 Å². The molecule has 1 aliphatic carbocycles. The topological polar surface area (TPSA) is 6.48 Å². The van der Waals surface area contributed by atoms with Crippen LogP contribution in [0.4, 0.5) is 11.4 Å². The second-order valence-corrected chi connectivity index (χ2v) is 9.58. The first-order chi connectivity index (χ1) is 14.6. The van der Waals surface area contributed by atoms with Crippen molar-refractivity contribution < 1.29 is 0 Å². The number of fused-ring (bicyclic) bond motifs is 3. The third-order valence-corrected chi connectivity index (χ3v) is 7.32. The quantitative estimate of drug-likeness (QED) is 0.459. The van der Waals surface area contributed by atoms with Crippen LogP contribution in [-0.4, -0.2) is 32.1 Å². The van der Waals surface area contributed by atoms with Crippen molar-refractivity contribution in [3.05, 3.63) is 83.4 Å². The molecule has 152 valence electrons. The molecule has 2 aliphatic rings. The highest BCUT2D eigenvalue weighted by Gasteiger charge is 2.25. The van der Waals surface area contributed by atoms with Gasteiger partial charge in [-0.25, -0.2) is 0 Å². The summed E-state index contributed by atoms with van der Waals surface area (Å²) in [6.07, 6.45) is 2.18. The lowest BCUT2D eigenvalue weighted by Crippen LogP contribution is -2.25. The van der Waals surface area contributed by atoms with E-state index in [1.165, 1.54) is 49.0 Å². The van der Waals surface area contributed by atoms with Crippen molar-refractivity contribution in [3.63, 3.8) is 0 Å². The summed E-state index contributed by atoms with van der Waals surface area (Å²) >= 11 is 1.91. The highest BCUT2D eigenvalue weighted by Crippen LogP contribution is 2.49. The summed E-state index contributed by atoms with van der Waals surface area (Å²) in [4.78, 5) is 7.50. The molecule has 3 heteroatoms. The van der Waals surface area contributed by atoms with Crippen LogP contribution in [0.5, 0.6) is 0 Å². The maximum atomic E-state index is 2.51. The Kier molecular flexibility index (Phi) is 5.18. The predicted octanol–water partition coefficient (Wildman–Crippen LogP) is 6.73. The minimum atomic E-state index is 1.04. The zero-order chi connectivity index (χ0) is 20.7. The van der Waals surface area contributed by atoms with Crippen LogP contribution in [0, 0.1) is 0 Å². The van der Waals surface area contributed by atoms with E-state index in [2.05, 4.69) is 97.5 Å². The van der Waals surface area contributed by atoms with Gasteiger partial charge in [0.2, 0.25) is 0 Å². The van der Waals surface area contributed by atoms with Crippen molar-refractivity contribution in [2.24, 2.45) is 0 Å². The fraction of sp³-hybridized carbons (Fsp3) is 0.259. The molecule has 1 heterocycles. The molecule has 0 fully saturated rings. The molecule has 1 aliphatic heterocycles. The molecule has 0 atom stereocenters. The number of hydrogen-bond acceptors (Lipinski definition) is 3. The Morgan fingerprint density at radius 2 is 1.67 bits per heavy atom. The summed E-state index contributed by atoms with van der Waals surface area (Å²) in [6, 6.07) is 24.7. The largest absolute Gasteiger partial charge is 0.340 e. The second kappa shape index (κ2) is 7.98. The SMILES string of the molecule is CC1=C(c2ccc3c(c2)Sc2ccccc2N3CCCN(C)C)Cc2ccccc21. The molecule has 0 N–H and O–H groups in total. The van der Waals surface area contributed by atoms with Crippen LogP contribution >= 0.6 is 11.8 Å². The molecule has 0 amide bonds. The fourth-order valence-electron chi connectivity index (χ4n) is 4.65. The first-order valence-electron chi connectivity index (χ1n) is 10.7. The molecule has 0 bridgehead atoms. The van der Waals surface area contributed by atoms with Gasteiger partial charge in [-0.3, -0.25) is 0 Å². The van der Waals surface area contributed by atoms with Gasteiger partial charge >= 0.3 is 0 Å². The third-order valence-electron chi connectivity index (χ3n) is 6.20. The first kappa shape index (κ1) is 19.5. The van der Waals surface area contributed by atoms with Crippen molar-refractivity contribution in [3.8, 4) is 0 Å². The van der Waals surface area contributed by atoms with Crippen LogP contribution in [0.15, 0.2) is 76.5 Å². The zero-order valence-electron chi connectivity index (χ0n) is 18.0. The Labute approximate surface area is 184 Å². The maximum Gasteiger partial charge on any atom is 0.0553 e. The van der Waals surface area contributed by atoms with Gasteiger partial charge in [0, 0.05) is 16.3 Å². The van der Waals surface area contributed by atoms with E-state index in [-0.39, 0.29) is 0 Å². The van der Waals surface area contributed by atoms with E-state index < -0.39 is 0 Å². The van der Waals surface area contributed by atoms with Gasteiger partial charge in [-0.1, -0.05) is 54.2 Å². The van der Waals surface area contributed by atoms with Gasteiger partial charge in [0.05, 0.1) is 11.4 Å². The average molecular weight is 413 g/mol. The number of anilines is 2. The fourth-order valence-corrected chi connectivity index (χ4v) is 5.79. The number of benzene rings is 3. The standard InChI is InChI=1S/C27H28N2S/c1-19-22-10-5-4-9-20(22)17-23(19)21-13-14-25-27(18-21)30-26-12-7-6-11-24(26)29(25)16-8-15-28(2)3/h4-7,9-14,18H,8,15-17H2,1-3H3. The Balaban J connectivity index is 1.51. The number of allylic oxidation sites excluding steroid dienone is 2. The van der Waals surface area contributed by atoms with Gasteiger partial charge in [-0.2, -0.15) is 0 Å². The Hall–Kier alpha value is -2.49. The Bertz CT molecular complexity index is 1130. The molecule has 0 saturated heterocycles. The van der Waals surface area contributed by atoms with Gasteiger partial charge in [0.15, 0.2) is 0 Å². The monoisotopic (exact) mass is 412 g/mol. The highest BCUT2D eigenvalue weighted by atomic mass is 32.2. The minimum absolute atomic E-state index is 1.04. The van der Waals surface area contributed by atoms with E-state index in [4.69, 9.17) is 0 Å². The lowest BCUT2D eigenvalue weighted by atomic mass is 10.0. The summed E-state index contributed by atoms with van der Waals surface area (Å²) in [5.41, 5.74) is 9.80. The molecule has 0 saturated carbocycles. The van der Waals surface area contributed by atoms with Crippen molar-refractivity contribution in [2.45, 2.75) is 29.6 Å². The van der Waals surface area contributed by atoms with Gasteiger partial charge in [-0.05, 0) is 92.5 Å². The zero-order valence-corrected chi connectivity index (χ0v) is 18.8. The van der Waals surface area contributed by atoms with Crippen LogP contribution in [-0.2, 0) is 6.42 Å². The number of rotatable bonds is 5. The van der Waals surface area contributed by atoms with Gasteiger partial charge in [0.25, 0.3) is 0 Å². The summed E-state index contributed by atoms with van der Waals surface area (Å²) in [6.45, 7) is 4.41. The number of hydrogen-bond donors (Lipinski definition) is 0. The number of para-hydroxylation sites is 1. The van der Waals surface area contributed by atoms with Gasteiger partial charge in [0.1, 0.15) is 0 Å². The van der Waals surface area contributed by atoms with Crippen LogP contribution in [0.2, 0.25) is 0 Å². The van der Waals surface area contributed by atoms with Crippen LogP contribution in [0.3, 0.4) is 0 Å². The molecule has 3 aromatic carbocycles. The van der Waals surface area contributed by atoms with E-state index in [0.29, 0.717) is 0 Å². The van der Waals surface area contributed by atoms with Crippen LogP contribution in [0.25, 0.3) is 11.1 Å². The lowest BCUT2D eigenvalue weighted by molar-refractivity contribution is 0.402. The summed E-state index contributed by atoms with van der Waals surface area (Å²) in [7, 11) is 4.30. The molecule has 30 heavy (non-hydrogen) atoms. The molecule has 0 aromatic heterocycles. The first-order valence-corrected chi connectivity index (χ1v) is 11.5. The predicted molar refractivity (Wildman–Crippen MR) is 130 cm³/mol. The molecule has 2 nitrogen and oxygen atoms in total. The van der Waals surface area contributed by atoms with Crippen LogP contribution < -0.4 is 4.90 Å². The molecular weight excluding hydrogens is 384 g/mol. The smallest absolute Gasteiger partial charge is 0.0553 e. The summed E-state index contributed by atoms with van der Waals surface area (Å²) in [5.74, 6) is 0. The second-order valence-electron chi connectivity index (χ2n) is 8.50. The van der Waals surface area contributed by atoms with E-state index >= 15 is 0 Å². The van der Waals surface area contributed by atoms with Crippen molar-refractivity contribution in [1.82, 2.24) is 4.90 Å². The molecular formula is C27H28N2S. The molecule has 0 radical (unpaired) electrons. The molecule has 0 spiro atoms. The van der Waals surface area contributed by atoms with E-state index in [1.807, 2.05) is 11.8 Å². The molecule has 3 aromatic rings. The number of nitrogens with zero attached hydrogens (tertiary/aromatic N) is 2. The van der Waals surface area contributed by atoms with Gasteiger partial charge < -0.3 is 9.80 Å². The molecule has 0 unspecified atom stereocenters. The van der Waals surface area contributed by atoms with E-state index in [0.717, 1.165) is 25.9 Å². The average Bonchev–Trinajstić information content (AvgIpc) is 3.09. The van der Waals surface area contributed by atoms with E-state index in [1.54, 1.807) is 0 Å². The van der Waals surface area contributed by atoms with Gasteiger partial charge in [-0.15, -0.1) is 0 Å². The van der Waals surface area contributed by atoms with Crippen molar-refractivity contribution in [1.29, 1.82) is 0 Å². The maximum absolute atomic E-state index is 2.51.